The van der Waals surface area contributed by atoms with Crippen LogP contribution in [0.1, 0.15) is 11.4 Å². The maximum atomic E-state index is 12.5. The Morgan fingerprint density at radius 1 is 0.792 bits per heavy atom. The monoisotopic (exact) mass is 341 g/mol. The summed E-state index contributed by atoms with van der Waals surface area (Å²) in [5, 5.41) is 7.79. The molecule has 122 valence electrons. The fourth-order valence-electron chi connectivity index (χ4n) is 2.01. The van der Waals surface area contributed by atoms with Crippen molar-refractivity contribution in [3.63, 3.8) is 0 Å². The van der Waals surface area contributed by atoms with Crippen LogP contribution in [0.25, 0.3) is 0 Å². The van der Waals surface area contributed by atoms with Crippen molar-refractivity contribution in [1.29, 1.82) is 0 Å². The predicted molar refractivity (Wildman–Crippen MR) is 87.7 cm³/mol. The molecule has 0 aliphatic heterocycles. The summed E-state index contributed by atoms with van der Waals surface area (Å²) in [6.45, 7) is 3.62. The van der Waals surface area contributed by atoms with E-state index in [1.807, 2.05) is 13.8 Å². The molecule has 0 unspecified atom stereocenters. The zero-order valence-corrected chi connectivity index (χ0v) is 14.0. The van der Waals surface area contributed by atoms with Gasteiger partial charge in [-0.05, 0) is 50.2 Å². The highest BCUT2D eigenvalue weighted by Crippen LogP contribution is 2.24. The number of sulfone groups is 1. The normalized spacial score (nSPS) is 11.2. The first-order valence-corrected chi connectivity index (χ1v) is 8.71. The highest BCUT2D eigenvalue weighted by molar-refractivity contribution is 7.91. The Morgan fingerprint density at radius 2 is 1.42 bits per heavy atom. The number of hydrogen-bond donors (Lipinski definition) is 0. The molecule has 1 aromatic heterocycles. The van der Waals surface area contributed by atoms with E-state index in [4.69, 9.17) is 4.74 Å². The van der Waals surface area contributed by atoms with Crippen LogP contribution in [0.4, 0.5) is 0 Å². The van der Waals surface area contributed by atoms with Gasteiger partial charge in [0.05, 0.1) is 21.2 Å². The van der Waals surface area contributed by atoms with Crippen LogP contribution in [0.15, 0.2) is 64.4 Å². The van der Waals surface area contributed by atoms with Gasteiger partial charge in [0, 0.05) is 0 Å². The van der Waals surface area contributed by atoms with Crippen molar-refractivity contribution in [3.8, 4) is 11.8 Å². The molecule has 6 nitrogen and oxygen atoms in total. The van der Waals surface area contributed by atoms with E-state index in [1.165, 1.54) is 12.1 Å². The first kappa shape index (κ1) is 16.1. The van der Waals surface area contributed by atoms with E-state index in [9.17, 15) is 8.42 Å². The van der Waals surface area contributed by atoms with Gasteiger partial charge < -0.3 is 4.74 Å². The van der Waals surface area contributed by atoms with Crippen molar-refractivity contribution in [3.05, 3.63) is 66.0 Å². The Morgan fingerprint density at radius 3 is 2.04 bits per heavy atom. The van der Waals surface area contributed by atoms with Crippen LogP contribution in [0.5, 0.6) is 11.8 Å². The Bertz CT molecular complexity index is 956. The Kier molecular flexibility index (Phi) is 4.26. The van der Waals surface area contributed by atoms with Gasteiger partial charge in [-0.1, -0.05) is 23.3 Å². The van der Waals surface area contributed by atoms with Gasteiger partial charge in [0.2, 0.25) is 9.84 Å². The molecule has 3 rings (SSSR count). The smallest absolute Gasteiger partial charge is 0.341 e. The predicted octanol–water partition coefficient (Wildman–Crippen LogP) is 3.11. The molecule has 0 aliphatic rings. The summed E-state index contributed by atoms with van der Waals surface area (Å²) >= 11 is 0. The minimum absolute atomic E-state index is 0.122. The van der Waals surface area contributed by atoms with E-state index in [2.05, 4.69) is 15.2 Å². The summed E-state index contributed by atoms with van der Waals surface area (Å²) in [4.78, 5) is 4.62. The van der Waals surface area contributed by atoms with E-state index in [0.717, 1.165) is 11.4 Å². The minimum atomic E-state index is -3.54. The molecule has 0 spiro atoms. The summed E-state index contributed by atoms with van der Waals surface area (Å²) < 4.78 is 30.5. The molecule has 0 aliphatic carbocycles. The number of aromatic nitrogens is 3. The van der Waals surface area contributed by atoms with Gasteiger partial charge in [-0.15, -0.1) is 5.10 Å². The number of benzene rings is 2. The highest BCUT2D eigenvalue weighted by Gasteiger charge is 2.17. The second-order valence-corrected chi connectivity index (χ2v) is 7.10. The van der Waals surface area contributed by atoms with Gasteiger partial charge >= 0.3 is 6.01 Å². The fourth-order valence-corrected chi connectivity index (χ4v) is 3.29. The lowest BCUT2D eigenvalue weighted by Gasteiger charge is -2.07. The third-order valence-electron chi connectivity index (χ3n) is 3.47. The van der Waals surface area contributed by atoms with Crippen LogP contribution in [-0.2, 0) is 9.84 Å². The number of ether oxygens (including phenoxy) is 1. The van der Waals surface area contributed by atoms with Gasteiger partial charge in [0.1, 0.15) is 5.75 Å². The number of hydrogen-bond acceptors (Lipinski definition) is 6. The lowest BCUT2D eigenvalue weighted by molar-refractivity contribution is 0.430. The van der Waals surface area contributed by atoms with Crippen molar-refractivity contribution < 1.29 is 13.2 Å². The minimum Gasteiger partial charge on any atom is -0.423 e. The highest BCUT2D eigenvalue weighted by atomic mass is 32.2. The zero-order chi connectivity index (χ0) is 17.2. The summed E-state index contributed by atoms with van der Waals surface area (Å²) in [7, 11) is -3.54. The number of rotatable bonds is 4. The molecule has 0 saturated heterocycles. The third kappa shape index (κ3) is 3.26. The topological polar surface area (TPSA) is 82.0 Å². The summed E-state index contributed by atoms with van der Waals surface area (Å²) in [5.41, 5.74) is 1.45. The van der Waals surface area contributed by atoms with E-state index in [1.54, 1.807) is 42.5 Å². The molecule has 0 radical (unpaired) electrons. The standard InChI is InChI=1S/C17H15N3O3S/c1-12-13(2)19-20-17(18-12)23-14-8-10-16(11-9-14)24(21,22)15-6-4-3-5-7-15/h3-11H,1-2H3. The average Bonchev–Trinajstić information content (AvgIpc) is 2.59. The van der Waals surface area contributed by atoms with Gasteiger partial charge in [0.25, 0.3) is 0 Å². The van der Waals surface area contributed by atoms with E-state index >= 15 is 0 Å². The second kappa shape index (κ2) is 6.37. The maximum absolute atomic E-state index is 12.5. The molecular weight excluding hydrogens is 326 g/mol. The second-order valence-electron chi connectivity index (χ2n) is 5.16. The van der Waals surface area contributed by atoms with Crippen molar-refractivity contribution in [2.24, 2.45) is 0 Å². The summed E-state index contributed by atoms with van der Waals surface area (Å²) in [6, 6.07) is 14.5. The fraction of sp³-hybridized carbons (Fsp3) is 0.118. The summed E-state index contributed by atoms with van der Waals surface area (Å²) in [6.07, 6.45) is 0. The largest absolute Gasteiger partial charge is 0.423 e. The average molecular weight is 341 g/mol. The molecule has 0 bridgehead atoms. The molecule has 2 aromatic carbocycles. The maximum Gasteiger partial charge on any atom is 0.341 e. The molecule has 0 N–H and O–H groups in total. The Hall–Kier alpha value is -2.80. The Balaban J connectivity index is 1.84. The van der Waals surface area contributed by atoms with Crippen molar-refractivity contribution in [2.75, 3.05) is 0 Å². The van der Waals surface area contributed by atoms with Gasteiger partial charge in [0.15, 0.2) is 0 Å². The Labute approximate surface area is 140 Å². The van der Waals surface area contributed by atoms with E-state index in [0.29, 0.717) is 5.75 Å². The molecule has 0 fully saturated rings. The van der Waals surface area contributed by atoms with E-state index < -0.39 is 9.84 Å². The van der Waals surface area contributed by atoms with Gasteiger partial charge in [-0.3, -0.25) is 0 Å². The number of nitrogens with zero attached hydrogens (tertiary/aromatic N) is 3. The van der Waals surface area contributed by atoms with Crippen LogP contribution < -0.4 is 4.74 Å². The van der Waals surface area contributed by atoms with Crippen molar-refractivity contribution in [1.82, 2.24) is 15.2 Å². The number of aryl methyl sites for hydroxylation is 2. The lowest BCUT2D eigenvalue weighted by Crippen LogP contribution is -2.02. The zero-order valence-electron chi connectivity index (χ0n) is 13.2. The molecule has 1 heterocycles. The molecule has 0 amide bonds. The van der Waals surface area contributed by atoms with Gasteiger partial charge in [-0.2, -0.15) is 4.98 Å². The molecule has 24 heavy (non-hydrogen) atoms. The van der Waals surface area contributed by atoms with Crippen molar-refractivity contribution >= 4 is 9.84 Å². The van der Waals surface area contributed by atoms with Crippen LogP contribution in [0.2, 0.25) is 0 Å². The van der Waals surface area contributed by atoms with E-state index in [-0.39, 0.29) is 15.8 Å². The molecular formula is C17H15N3O3S. The molecule has 7 heteroatoms. The van der Waals surface area contributed by atoms with Crippen LogP contribution in [-0.4, -0.2) is 23.6 Å². The molecule has 0 saturated carbocycles. The summed E-state index contributed by atoms with van der Waals surface area (Å²) in [5.74, 6) is 0.437. The van der Waals surface area contributed by atoms with Crippen LogP contribution >= 0.6 is 0 Å². The van der Waals surface area contributed by atoms with Crippen LogP contribution in [0, 0.1) is 13.8 Å². The first-order chi connectivity index (χ1) is 11.5. The van der Waals surface area contributed by atoms with Gasteiger partial charge in [-0.25, -0.2) is 8.42 Å². The van der Waals surface area contributed by atoms with Crippen LogP contribution in [0.3, 0.4) is 0 Å². The lowest BCUT2D eigenvalue weighted by atomic mass is 10.3. The molecule has 0 atom stereocenters. The quantitative estimate of drug-likeness (QED) is 0.725. The van der Waals surface area contributed by atoms with Crippen molar-refractivity contribution in [2.45, 2.75) is 23.6 Å². The third-order valence-corrected chi connectivity index (χ3v) is 5.25. The SMILES string of the molecule is Cc1nnc(Oc2ccc(S(=O)(=O)c3ccccc3)cc2)nc1C. The molecule has 3 aromatic rings. The first-order valence-electron chi connectivity index (χ1n) is 7.23.